The van der Waals surface area contributed by atoms with Gasteiger partial charge in [0.05, 0.1) is 13.2 Å². The van der Waals surface area contributed by atoms with Crippen molar-refractivity contribution >= 4 is 5.97 Å². The highest BCUT2D eigenvalue weighted by Crippen LogP contribution is 2.26. The molecule has 1 heterocycles. The summed E-state index contributed by atoms with van der Waals surface area (Å²) in [7, 11) is 0. The maximum absolute atomic E-state index is 11.4. The van der Waals surface area contributed by atoms with Crippen molar-refractivity contribution in [3.05, 3.63) is 12.2 Å². The fourth-order valence-corrected chi connectivity index (χ4v) is 2.62. The number of carboxylic acid groups (broad SMARTS) is 1. The smallest absolute Gasteiger partial charge is 0.321 e. The molecule has 1 fully saturated rings. The van der Waals surface area contributed by atoms with Crippen molar-refractivity contribution in [2.75, 3.05) is 26.3 Å². The summed E-state index contributed by atoms with van der Waals surface area (Å²) in [6, 6.07) is -0.325. The quantitative estimate of drug-likeness (QED) is 0.731. The maximum Gasteiger partial charge on any atom is 0.321 e. The molecule has 0 aromatic rings. The number of ether oxygens (including phenoxy) is 1. The Bertz CT molecular complexity index is 271. The Morgan fingerprint density at radius 2 is 2.12 bits per heavy atom. The van der Waals surface area contributed by atoms with Gasteiger partial charge in [-0.25, -0.2) is 0 Å². The highest BCUT2D eigenvalue weighted by molar-refractivity contribution is 5.74. The molecule has 0 radical (unpaired) electrons. The normalized spacial score (nSPS) is 28.9. The third-order valence-electron chi connectivity index (χ3n) is 3.45. The summed E-state index contributed by atoms with van der Waals surface area (Å²) in [4.78, 5) is 13.5. The van der Waals surface area contributed by atoms with Crippen molar-refractivity contribution in [3.63, 3.8) is 0 Å². The van der Waals surface area contributed by atoms with E-state index in [9.17, 15) is 9.90 Å². The van der Waals surface area contributed by atoms with Crippen LogP contribution in [0.5, 0.6) is 0 Å². The Hall–Kier alpha value is -0.870. The summed E-state index contributed by atoms with van der Waals surface area (Å²) in [5.41, 5.74) is 0. The van der Waals surface area contributed by atoms with Crippen molar-refractivity contribution in [1.82, 2.24) is 4.90 Å². The Kier molecular flexibility index (Phi) is 3.96. The number of nitrogens with zero attached hydrogens (tertiary/aromatic N) is 1. The molecular weight excluding hydrogens is 206 g/mol. The van der Waals surface area contributed by atoms with E-state index in [-0.39, 0.29) is 12.0 Å². The molecule has 0 saturated carbocycles. The first-order valence-electron chi connectivity index (χ1n) is 5.98. The second-order valence-corrected chi connectivity index (χ2v) is 4.48. The van der Waals surface area contributed by atoms with Crippen LogP contribution in [0.25, 0.3) is 0 Å². The monoisotopic (exact) mass is 225 g/mol. The SMILES string of the molecule is O=C(O)C(C1CC=CCC1)N1CCOCC1. The number of carboxylic acids is 1. The summed E-state index contributed by atoms with van der Waals surface area (Å²) in [5.74, 6) is -0.414. The third-order valence-corrected chi connectivity index (χ3v) is 3.45. The summed E-state index contributed by atoms with van der Waals surface area (Å²) < 4.78 is 5.27. The second-order valence-electron chi connectivity index (χ2n) is 4.48. The van der Waals surface area contributed by atoms with Gasteiger partial charge in [-0.05, 0) is 25.2 Å². The van der Waals surface area contributed by atoms with E-state index in [4.69, 9.17) is 4.74 Å². The number of morpholine rings is 1. The van der Waals surface area contributed by atoms with Crippen molar-refractivity contribution in [2.45, 2.75) is 25.3 Å². The summed E-state index contributed by atoms with van der Waals surface area (Å²) in [6.07, 6.45) is 7.16. The molecule has 90 valence electrons. The zero-order valence-corrected chi connectivity index (χ0v) is 9.47. The van der Waals surface area contributed by atoms with Crippen LogP contribution in [-0.4, -0.2) is 48.3 Å². The van der Waals surface area contributed by atoms with Crippen molar-refractivity contribution in [3.8, 4) is 0 Å². The molecule has 0 amide bonds. The van der Waals surface area contributed by atoms with Gasteiger partial charge in [-0.1, -0.05) is 12.2 Å². The van der Waals surface area contributed by atoms with E-state index in [0.29, 0.717) is 13.2 Å². The zero-order valence-electron chi connectivity index (χ0n) is 9.47. The Labute approximate surface area is 95.9 Å². The molecule has 0 bridgehead atoms. The topological polar surface area (TPSA) is 49.8 Å². The van der Waals surface area contributed by atoms with Crippen LogP contribution in [0.3, 0.4) is 0 Å². The molecule has 0 aromatic heterocycles. The molecule has 1 aliphatic heterocycles. The first-order chi connectivity index (χ1) is 7.79. The van der Waals surface area contributed by atoms with Crippen LogP contribution in [0.4, 0.5) is 0 Å². The van der Waals surface area contributed by atoms with Crippen LogP contribution in [0.2, 0.25) is 0 Å². The van der Waals surface area contributed by atoms with E-state index < -0.39 is 5.97 Å². The Balaban J connectivity index is 2.03. The predicted octanol–water partition coefficient (Wildman–Crippen LogP) is 1.13. The molecule has 1 aliphatic carbocycles. The molecule has 1 saturated heterocycles. The fraction of sp³-hybridized carbons (Fsp3) is 0.750. The van der Waals surface area contributed by atoms with Crippen LogP contribution in [0.1, 0.15) is 19.3 Å². The molecule has 2 aliphatic rings. The van der Waals surface area contributed by atoms with E-state index in [0.717, 1.165) is 32.4 Å². The largest absolute Gasteiger partial charge is 0.480 e. The number of aliphatic carboxylic acids is 1. The average molecular weight is 225 g/mol. The van der Waals surface area contributed by atoms with Crippen molar-refractivity contribution < 1.29 is 14.6 Å². The van der Waals surface area contributed by atoms with Gasteiger partial charge in [0, 0.05) is 13.1 Å². The molecule has 0 aromatic carbocycles. The van der Waals surface area contributed by atoms with Crippen LogP contribution in [0, 0.1) is 5.92 Å². The summed E-state index contributed by atoms with van der Waals surface area (Å²) in [5, 5.41) is 9.37. The van der Waals surface area contributed by atoms with E-state index in [1.165, 1.54) is 0 Å². The lowest BCUT2D eigenvalue weighted by Crippen LogP contribution is -2.51. The van der Waals surface area contributed by atoms with Gasteiger partial charge in [0.2, 0.25) is 0 Å². The molecule has 2 unspecified atom stereocenters. The van der Waals surface area contributed by atoms with E-state index >= 15 is 0 Å². The third kappa shape index (κ3) is 2.62. The predicted molar refractivity (Wildman–Crippen MR) is 60.3 cm³/mol. The fourth-order valence-electron chi connectivity index (χ4n) is 2.62. The number of allylic oxidation sites excluding steroid dienone is 2. The standard InChI is InChI=1S/C12H19NO3/c14-12(15)11(10-4-2-1-3-5-10)13-6-8-16-9-7-13/h1-2,10-11H,3-9H2,(H,14,15). The van der Waals surface area contributed by atoms with Crippen LogP contribution in [0.15, 0.2) is 12.2 Å². The number of hydrogen-bond acceptors (Lipinski definition) is 3. The van der Waals surface area contributed by atoms with E-state index in [2.05, 4.69) is 17.1 Å². The minimum absolute atomic E-state index is 0.264. The van der Waals surface area contributed by atoms with Gasteiger partial charge in [-0.15, -0.1) is 0 Å². The average Bonchev–Trinajstić information content (AvgIpc) is 2.31. The molecular formula is C12H19NO3. The van der Waals surface area contributed by atoms with Gasteiger partial charge >= 0.3 is 5.97 Å². The van der Waals surface area contributed by atoms with Crippen LogP contribution >= 0.6 is 0 Å². The molecule has 4 nitrogen and oxygen atoms in total. The van der Waals surface area contributed by atoms with Gasteiger partial charge < -0.3 is 9.84 Å². The minimum atomic E-state index is -0.679. The second kappa shape index (κ2) is 5.46. The van der Waals surface area contributed by atoms with Crippen molar-refractivity contribution in [2.24, 2.45) is 5.92 Å². The first kappa shape index (κ1) is 11.6. The Morgan fingerprint density at radius 1 is 1.38 bits per heavy atom. The number of carbonyl (C=O) groups is 1. The Morgan fingerprint density at radius 3 is 2.69 bits per heavy atom. The molecule has 0 spiro atoms. The molecule has 4 heteroatoms. The lowest BCUT2D eigenvalue weighted by Gasteiger charge is -2.36. The number of rotatable bonds is 3. The van der Waals surface area contributed by atoms with Gasteiger partial charge in [-0.2, -0.15) is 0 Å². The first-order valence-corrected chi connectivity index (χ1v) is 5.98. The van der Waals surface area contributed by atoms with E-state index in [1.54, 1.807) is 0 Å². The van der Waals surface area contributed by atoms with Gasteiger partial charge in [0.1, 0.15) is 6.04 Å². The molecule has 1 N–H and O–H groups in total. The number of hydrogen-bond donors (Lipinski definition) is 1. The van der Waals surface area contributed by atoms with Crippen LogP contribution in [-0.2, 0) is 9.53 Å². The summed E-state index contributed by atoms with van der Waals surface area (Å²) in [6.45, 7) is 2.81. The maximum atomic E-state index is 11.4. The van der Waals surface area contributed by atoms with Crippen LogP contribution < -0.4 is 0 Å². The highest BCUT2D eigenvalue weighted by Gasteiger charge is 2.34. The zero-order chi connectivity index (χ0) is 11.4. The van der Waals surface area contributed by atoms with Gasteiger partial charge in [0.15, 0.2) is 0 Å². The lowest BCUT2D eigenvalue weighted by atomic mass is 9.86. The van der Waals surface area contributed by atoms with E-state index in [1.807, 2.05) is 0 Å². The molecule has 2 rings (SSSR count). The molecule has 16 heavy (non-hydrogen) atoms. The highest BCUT2D eigenvalue weighted by atomic mass is 16.5. The summed E-state index contributed by atoms with van der Waals surface area (Å²) >= 11 is 0. The minimum Gasteiger partial charge on any atom is -0.480 e. The lowest BCUT2D eigenvalue weighted by molar-refractivity contribution is -0.147. The molecule has 2 atom stereocenters. The van der Waals surface area contributed by atoms with Gasteiger partial charge in [-0.3, -0.25) is 9.69 Å². The van der Waals surface area contributed by atoms with Crippen molar-refractivity contribution in [1.29, 1.82) is 0 Å². The van der Waals surface area contributed by atoms with Gasteiger partial charge in [0.25, 0.3) is 0 Å².